The number of ketones is 1. The first-order valence-electron chi connectivity index (χ1n) is 7.31. The summed E-state index contributed by atoms with van der Waals surface area (Å²) in [4.78, 5) is 27.7. The number of nitrogens with zero attached hydrogens (tertiary/aromatic N) is 1. The number of thiophene rings is 1. The maximum Gasteiger partial charge on any atom is 0.220 e. The molecule has 0 atom stereocenters. The van der Waals surface area contributed by atoms with Crippen LogP contribution in [0.15, 0.2) is 12.1 Å². The molecule has 1 aromatic heterocycles. The van der Waals surface area contributed by atoms with Crippen LogP contribution in [-0.2, 0) is 9.53 Å². The normalized spacial score (nSPS) is 15.9. The van der Waals surface area contributed by atoms with Gasteiger partial charge >= 0.3 is 0 Å². The first-order chi connectivity index (χ1) is 10.1. The lowest BCUT2D eigenvalue weighted by molar-refractivity contribution is -0.121. The second-order valence-electron chi connectivity index (χ2n) is 5.14. The van der Waals surface area contributed by atoms with Crippen LogP contribution in [0.4, 0.5) is 0 Å². The number of ether oxygens (including phenoxy) is 1. The van der Waals surface area contributed by atoms with Gasteiger partial charge in [0.15, 0.2) is 5.78 Å². The maximum absolute atomic E-state index is 11.9. The molecular formula is C15H22N2O3S. The van der Waals surface area contributed by atoms with Gasteiger partial charge in [-0.15, -0.1) is 11.3 Å². The third-order valence-corrected chi connectivity index (χ3v) is 4.49. The van der Waals surface area contributed by atoms with Gasteiger partial charge in [0.25, 0.3) is 0 Å². The van der Waals surface area contributed by atoms with Crippen molar-refractivity contribution in [2.45, 2.75) is 19.8 Å². The number of hydrogen-bond acceptors (Lipinski definition) is 5. The molecule has 6 heteroatoms. The minimum absolute atomic E-state index is 0.0510. The molecule has 0 aromatic carbocycles. The van der Waals surface area contributed by atoms with Crippen LogP contribution in [0.1, 0.15) is 27.4 Å². The lowest BCUT2D eigenvalue weighted by atomic mass is 10.2. The van der Waals surface area contributed by atoms with E-state index in [9.17, 15) is 9.59 Å². The molecule has 0 spiro atoms. The van der Waals surface area contributed by atoms with Crippen LogP contribution in [0.3, 0.4) is 0 Å². The highest BCUT2D eigenvalue weighted by Crippen LogP contribution is 2.17. The molecule has 1 amide bonds. The molecule has 5 nitrogen and oxygen atoms in total. The Morgan fingerprint density at radius 2 is 2.05 bits per heavy atom. The molecule has 116 valence electrons. The molecule has 2 heterocycles. The van der Waals surface area contributed by atoms with E-state index in [2.05, 4.69) is 10.2 Å². The zero-order valence-electron chi connectivity index (χ0n) is 12.4. The Labute approximate surface area is 129 Å². The molecule has 1 fully saturated rings. The Kier molecular flexibility index (Phi) is 6.35. The van der Waals surface area contributed by atoms with Gasteiger partial charge in [-0.2, -0.15) is 0 Å². The molecule has 1 aromatic rings. The van der Waals surface area contributed by atoms with Crippen molar-refractivity contribution in [2.24, 2.45) is 0 Å². The summed E-state index contributed by atoms with van der Waals surface area (Å²) in [6.45, 7) is 6.82. The van der Waals surface area contributed by atoms with Gasteiger partial charge in [-0.1, -0.05) is 0 Å². The molecule has 1 N–H and O–H groups in total. The van der Waals surface area contributed by atoms with E-state index in [1.807, 2.05) is 19.1 Å². The molecule has 2 rings (SSSR count). The summed E-state index contributed by atoms with van der Waals surface area (Å²) in [6.07, 6.45) is 0.544. The van der Waals surface area contributed by atoms with Crippen LogP contribution in [0.2, 0.25) is 0 Å². The summed E-state index contributed by atoms with van der Waals surface area (Å²) < 4.78 is 5.27. The summed E-state index contributed by atoms with van der Waals surface area (Å²) in [5, 5.41) is 2.87. The lowest BCUT2D eigenvalue weighted by Crippen LogP contribution is -2.41. The van der Waals surface area contributed by atoms with Gasteiger partial charge in [-0.25, -0.2) is 0 Å². The molecule has 0 unspecified atom stereocenters. The summed E-state index contributed by atoms with van der Waals surface area (Å²) >= 11 is 1.48. The zero-order valence-corrected chi connectivity index (χ0v) is 13.2. The molecule has 0 aliphatic carbocycles. The molecule has 0 saturated carbocycles. The number of hydrogen-bond donors (Lipinski definition) is 1. The van der Waals surface area contributed by atoms with E-state index in [-0.39, 0.29) is 24.5 Å². The third-order valence-electron chi connectivity index (χ3n) is 3.45. The Hall–Kier alpha value is -1.24. The number of carbonyl (C=O) groups is 2. The number of nitrogens with one attached hydrogen (secondary N) is 1. The maximum atomic E-state index is 11.9. The van der Waals surface area contributed by atoms with Gasteiger partial charge < -0.3 is 10.1 Å². The fraction of sp³-hybridized carbons (Fsp3) is 0.600. The van der Waals surface area contributed by atoms with Crippen molar-refractivity contribution in [1.82, 2.24) is 10.2 Å². The van der Waals surface area contributed by atoms with Crippen LogP contribution in [0.25, 0.3) is 0 Å². The van der Waals surface area contributed by atoms with Crippen molar-refractivity contribution in [1.29, 1.82) is 0 Å². The molecule has 21 heavy (non-hydrogen) atoms. The minimum atomic E-state index is -0.0510. The largest absolute Gasteiger partial charge is 0.379 e. The van der Waals surface area contributed by atoms with Gasteiger partial charge in [-0.05, 0) is 19.1 Å². The van der Waals surface area contributed by atoms with Gasteiger partial charge in [0.2, 0.25) is 5.91 Å². The second kappa shape index (κ2) is 8.26. The smallest absolute Gasteiger partial charge is 0.220 e. The standard InChI is InChI=1S/C15H22N2O3S/c1-12-2-4-14(21-12)13(18)3-5-15(19)16-6-7-17-8-10-20-11-9-17/h2,4H,3,5-11H2,1H3,(H,16,19). The van der Waals surface area contributed by atoms with E-state index in [1.54, 1.807) is 0 Å². The topological polar surface area (TPSA) is 58.6 Å². The SMILES string of the molecule is Cc1ccc(C(=O)CCC(=O)NCCN2CCOCC2)s1. The van der Waals surface area contributed by atoms with E-state index < -0.39 is 0 Å². The van der Waals surface area contributed by atoms with E-state index in [1.165, 1.54) is 11.3 Å². The Balaban J connectivity index is 1.60. The second-order valence-corrected chi connectivity index (χ2v) is 6.43. The van der Waals surface area contributed by atoms with Crippen LogP contribution in [0, 0.1) is 6.92 Å². The summed E-state index contributed by atoms with van der Waals surface area (Å²) in [6, 6.07) is 3.76. The number of rotatable bonds is 7. The third kappa shape index (κ3) is 5.57. The Morgan fingerprint density at radius 3 is 2.71 bits per heavy atom. The first kappa shape index (κ1) is 16.1. The number of aryl methyl sites for hydroxylation is 1. The number of carbonyl (C=O) groups excluding carboxylic acids is 2. The number of amides is 1. The van der Waals surface area contributed by atoms with Crippen LogP contribution < -0.4 is 5.32 Å². The van der Waals surface area contributed by atoms with Crippen molar-refractivity contribution in [3.05, 3.63) is 21.9 Å². The molecule has 0 bridgehead atoms. The first-order valence-corrected chi connectivity index (χ1v) is 8.13. The van der Waals surface area contributed by atoms with Crippen molar-refractivity contribution in [2.75, 3.05) is 39.4 Å². The van der Waals surface area contributed by atoms with E-state index >= 15 is 0 Å². The average Bonchev–Trinajstić information content (AvgIpc) is 2.92. The lowest BCUT2D eigenvalue weighted by Gasteiger charge is -2.26. The van der Waals surface area contributed by atoms with E-state index in [0.717, 1.165) is 42.6 Å². The molecule has 1 saturated heterocycles. The predicted molar refractivity (Wildman–Crippen MR) is 82.9 cm³/mol. The molecule has 0 radical (unpaired) electrons. The highest BCUT2D eigenvalue weighted by atomic mass is 32.1. The molecule has 1 aliphatic heterocycles. The highest BCUT2D eigenvalue weighted by Gasteiger charge is 2.12. The van der Waals surface area contributed by atoms with Crippen LogP contribution in [-0.4, -0.2) is 56.0 Å². The average molecular weight is 310 g/mol. The van der Waals surface area contributed by atoms with Crippen molar-refractivity contribution < 1.29 is 14.3 Å². The van der Waals surface area contributed by atoms with Crippen molar-refractivity contribution in [3.8, 4) is 0 Å². The quantitative estimate of drug-likeness (QED) is 0.775. The van der Waals surface area contributed by atoms with Crippen LogP contribution in [0.5, 0.6) is 0 Å². The molecular weight excluding hydrogens is 288 g/mol. The number of morpholine rings is 1. The Morgan fingerprint density at radius 1 is 1.29 bits per heavy atom. The van der Waals surface area contributed by atoms with Gasteiger partial charge in [0, 0.05) is 43.9 Å². The van der Waals surface area contributed by atoms with Gasteiger partial charge in [0.05, 0.1) is 18.1 Å². The summed E-state index contributed by atoms with van der Waals surface area (Å²) in [7, 11) is 0. The predicted octanol–water partition coefficient (Wildman–Crippen LogP) is 1.47. The Bertz CT molecular complexity index is 481. The monoisotopic (exact) mass is 310 g/mol. The zero-order chi connectivity index (χ0) is 15.1. The fourth-order valence-corrected chi connectivity index (χ4v) is 3.04. The van der Waals surface area contributed by atoms with E-state index in [4.69, 9.17) is 4.74 Å². The van der Waals surface area contributed by atoms with Crippen molar-refractivity contribution >= 4 is 23.0 Å². The van der Waals surface area contributed by atoms with E-state index in [0.29, 0.717) is 6.54 Å². The van der Waals surface area contributed by atoms with Gasteiger partial charge in [0.1, 0.15) is 0 Å². The van der Waals surface area contributed by atoms with Crippen molar-refractivity contribution in [3.63, 3.8) is 0 Å². The molecule has 1 aliphatic rings. The van der Waals surface area contributed by atoms with Gasteiger partial charge in [-0.3, -0.25) is 14.5 Å². The van der Waals surface area contributed by atoms with Crippen LogP contribution >= 0.6 is 11.3 Å². The fourth-order valence-electron chi connectivity index (χ4n) is 2.20. The highest BCUT2D eigenvalue weighted by molar-refractivity contribution is 7.14. The summed E-state index contributed by atoms with van der Waals surface area (Å²) in [5.41, 5.74) is 0. The summed E-state index contributed by atoms with van der Waals surface area (Å²) in [5.74, 6) is 0.00122. The number of Topliss-reactive ketones (excluding diaryl/α,β-unsaturated/α-hetero) is 1. The minimum Gasteiger partial charge on any atom is -0.379 e.